The highest BCUT2D eigenvalue weighted by atomic mass is 35.5. The number of fused-ring (bicyclic) bond motifs is 1. The van der Waals surface area contributed by atoms with Crippen LogP contribution in [0.5, 0.6) is 0 Å². The van der Waals surface area contributed by atoms with E-state index in [-0.39, 0.29) is 0 Å². The molecular formula is C13H19ClN2. The van der Waals surface area contributed by atoms with E-state index in [9.17, 15) is 0 Å². The predicted octanol–water partition coefficient (Wildman–Crippen LogP) is 2.44. The van der Waals surface area contributed by atoms with E-state index < -0.39 is 0 Å². The lowest BCUT2D eigenvalue weighted by atomic mass is 9.99. The van der Waals surface area contributed by atoms with Crippen molar-refractivity contribution in [1.29, 1.82) is 0 Å². The van der Waals surface area contributed by atoms with Gasteiger partial charge >= 0.3 is 0 Å². The van der Waals surface area contributed by atoms with Gasteiger partial charge in [0.2, 0.25) is 0 Å². The summed E-state index contributed by atoms with van der Waals surface area (Å²) in [5, 5.41) is 0.918. The topological polar surface area (TPSA) is 29.3 Å². The minimum Gasteiger partial charge on any atom is -0.330 e. The predicted molar refractivity (Wildman–Crippen MR) is 68.7 cm³/mol. The van der Waals surface area contributed by atoms with E-state index >= 15 is 0 Å². The monoisotopic (exact) mass is 238 g/mol. The standard InChI is InChI=1S/C13H19ClN2/c14-13-5-3-4-11-6-9-16(10-12(11)13)8-2-1-7-15/h3-5H,1-2,6-10,15H2. The lowest BCUT2D eigenvalue weighted by Gasteiger charge is -2.29. The third-order valence-corrected chi connectivity index (χ3v) is 3.58. The molecule has 0 aromatic heterocycles. The molecule has 1 aliphatic heterocycles. The largest absolute Gasteiger partial charge is 0.330 e. The maximum atomic E-state index is 6.22. The van der Waals surface area contributed by atoms with Crippen LogP contribution in [-0.4, -0.2) is 24.5 Å². The normalized spacial score (nSPS) is 16.1. The average molecular weight is 239 g/mol. The van der Waals surface area contributed by atoms with Crippen molar-refractivity contribution in [2.75, 3.05) is 19.6 Å². The number of unbranched alkanes of at least 4 members (excludes halogenated alkanes) is 1. The number of rotatable bonds is 4. The molecule has 88 valence electrons. The minimum atomic E-state index is 0.797. The Hall–Kier alpha value is -0.570. The number of hydrogen-bond acceptors (Lipinski definition) is 2. The molecule has 0 atom stereocenters. The van der Waals surface area contributed by atoms with Gasteiger partial charge in [-0.2, -0.15) is 0 Å². The molecule has 2 rings (SSSR count). The average Bonchev–Trinajstić information content (AvgIpc) is 2.30. The van der Waals surface area contributed by atoms with Gasteiger partial charge in [0.15, 0.2) is 0 Å². The summed E-state index contributed by atoms with van der Waals surface area (Å²) in [5.41, 5.74) is 8.25. The van der Waals surface area contributed by atoms with Crippen molar-refractivity contribution < 1.29 is 0 Å². The zero-order valence-corrected chi connectivity index (χ0v) is 10.3. The maximum absolute atomic E-state index is 6.22. The maximum Gasteiger partial charge on any atom is 0.0453 e. The zero-order valence-electron chi connectivity index (χ0n) is 9.58. The van der Waals surface area contributed by atoms with Gasteiger partial charge in [0, 0.05) is 18.1 Å². The fraction of sp³-hybridized carbons (Fsp3) is 0.538. The molecule has 1 aliphatic rings. The number of nitrogens with two attached hydrogens (primary N) is 1. The van der Waals surface area contributed by atoms with E-state index in [0.717, 1.165) is 44.0 Å². The SMILES string of the molecule is NCCCCN1CCc2cccc(Cl)c2C1. The molecule has 0 bridgehead atoms. The van der Waals surface area contributed by atoms with Crippen molar-refractivity contribution >= 4 is 11.6 Å². The Morgan fingerprint density at radius 1 is 1.31 bits per heavy atom. The van der Waals surface area contributed by atoms with Crippen molar-refractivity contribution in [3.05, 3.63) is 34.3 Å². The van der Waals surface area contributed by atoms with E-state index in [2.05, 4.69) is 11.0 Å². The summed E-state index contributed by atoms with van der Waals surface area (Å²) in [6.45, 7) is 4.09. The first kappa shape index (κ1) is 11.9. The van der Waals surface area contributed by atoms with E-state index in [1.165, 1.54) is 17.5 Å². The van der Waals surface area contributed by atoms with Crippen molar-refractivity contribution in [2.45, 2.75) is 25.8 Å². The van der Waals surface area contributed by atoms with Crippen molar-refractivity contribution in [3.63, 3.8) is 0 Å². The van der Waals surface area contributed by atoms with Crippen molar-refractivity contribution in [2.24, 2.45) is 5.73 Å². The van der Waals surface area contributed by atoms with Crippen LogP contribution in [0.15, 0.2) is 18.2 Å². The van der Waals surface area contributed by atoms with Gasteiger partial charge in [-0.1, -0.05) is 23.7 Å². The summed E-state index contributed by atoms with van der Waals surface area (Å²) >= 11 is 6.22. The Kier molecular flexibility index (Phi) is 4.22. The van der Waals surface area contributed by atoms with Gasteiger partial charge in [0.1, 0.15) is 0 Å². The highest BCUT2D eigenvalue weighted by Gasteiger charge is 2.17. The van der Waals surface area contributed by atoms with E-state index in [1.54, 1.807) is 0 Å². The zero-order chi connectivity index (χ0) is 11.4. The van der Waals surface area contributed by atoms with E-state index in [4.69, 9.17) is 17.3 Å². The van der Waals surface area contributed by atoms with Gasteiger partial charge < -0.3 is 5.73 Å². The highest BCUT2D eigenvalue weighted by Crippen LogP contribution is 2.26. The van der Waals surface area contributed by atoms with Gasteiger partial charge in [0.05, 0.1) is 0 Å². The Morgan fingerprint density at radius 3 is 3.00 bits per heavy atom. The first-order valence-electron chi connectivity index (χ1n) is 6.00. The Balaban J connectivity index is 1.97. The third-order valence-electron chi connectivity index (χ3n) is 3.22. The van der Waals surface area contributed by atoms with Crippen LogP contribution in [0.4, 0.5) is 0 Å². The highest BCUT2D eigenvalue weighted by molar-refractivity contribution is 6.31. The quantitative estimate of drug-likeness (QED) is 0.817. The molecule has 0 fully saturated rings. The second kappa shape index (κ2) is 5.67. The molecule has 0 aliphatic carbocycles. The minimum absolute atomic E-state index is 0.797. The summed E-state index contributed by atoms with van der Waals surface area (Å²) in [6.07, 6.45) is 3.43. The molecule has 1 aromatic rings. The molecule has 1 aromatic carbocycles. The van der Waals surface area contributed by atoms with Gasteiger partial charge in [-0.25, -0.2) is 0 Å². The molecule has 3 heteroatoms. The lowest BCUT2D eigenvalue weighted by Crippen LogP contribution is -2.31. The van der Waals surface area contributed by atoms with Crippen LogP contribution in [0.1, 0.15) is 24.0 Å². The number of nitrogens with zero attached hydrogens (tertiary/aromatic N) is 1. The smallest absolute Gasteiger partial charge is 0.0453 e. The second-order valence-electron chi connectivity index (χ2n) is 4.40. The van der Waals surface area contributed by atoms with Crippen LogP contribution in [0.2, 0.25) is 5.02 Å². The van der Waals surface area contributed by atoms with Gasteiger partial charge in [-0.05, 0) is 49.5 Å². The van der Waals surface area contributed by atoms with Crippen LogP contribution in [-0.2, 0) is 13.0 Å². The Labute approximate surface area is 102 Å². The molecule has 0 amide bonds. The van der Waals surface area contributed by atoms with Gasteiger partial charge in [0.25, 0.3) is 0 Å². The summed E-state index contributed by atoms with van der Waals surface area (Å²) in [5.74, 6) is 0. The second-order valence-corrected chi connectivity index (χ2v) is 4.81. The summed E-state index contributed by atoms with van der Waals surface area (Å²) in [4.78, 5) is 2.48. The molecule has 0 saturated heterocycles. The van der Waals surface area contributed by atoms with Gasteiger partial charge in [-0.3, -0.25) is 4.90 Å². The summed E-state index contributed by atoms with van der Waals surface area (Å²) < 4.78 is 0. The fourth-order valence-electron chi connectivity index (χ4n) is 2.27. The summed E-state index contributed by atoms with van der Waals surface area (Å²) in [6, 6.07) is 6.23. The molecular weight excluding hydrogens is 220 g/mol. The van der Waals surface area contributed by atoms with Crippen molar-refractivity contribution in [3.8, 4) is 0 Å². The molecule has 1 heterocycles. The number of hydrogen-bond donors (Lipinski definition) is 1. The van der Waals surface area contributed by atoms with Crippen LogP contribution < -0.4 is 5.73 Å². The third kappa shape index (κ3) is 2.76. The molecule has 2 N–H and O–H groups in total. The van der Waals surface area contributed by atoms with Gasteiger partial charge in [-0.15, -0.1) is 0 Å². The number of halogens is 1. The Bertz CT molecular complexity index is 352. The molecule has 2 nitrogen and oxygen atoms in total. The van der Waals surface area contributed by atoms with Crippen molar-refractivity contribution in [1.82, 2.24) is 4.90 Å². The van der Waals surface area contributed by atoms with Crippen LogP contribution in [0.3, 0.4) is 0 Å². The number of benzene rings is 1. The van der Waals surface area contributed by atoms with E-state index in [1.807, 2.05) is 12.1 Å². The first-order chi connectivity index (χ1) is 7.81. The molecule has 16 heavy (non-hydrogen) atoms. The van der Waals surface area contributed by atoms with E-state index in [0.29, 0.717) is 0 Å². The molecule has 0 spiro atoms. The first-order valence-corrected chi connectivity index (χ1v) is 6.38. The summed E-state index contributed by atoms with van der Waals surface area (Å²) in [7, 11) is 0. The van der Waals surface area contributed by atoms with Crippen LogP contribution in [0.25, 0.3) is 0 Å². The fourth-order valence-corrected chi connectivity index (χ4v) is 2.52. The van der Waals surface area contributed by atoms with Crippen LogP contribution in [0, 0.1) is 0 Å². The molecule has 0 radical (unpaired) electrons. The molecule has 0 unspecified atom stereocenters. The van der Waals surface area contributed by atoms with Crippen LogP contribution >= 0.6 is 11.6 Å². The lowest BCUT2D eigenvalue weighted by molar-refractivity contribution is 0.249. The Morgan fingerprint density at radius 2 is 2.19 bits per heavy atom. The molecule has 0 saturated carbocycles.